The molecule has 4 aliphatic rings. The van der Waals surface area contributed by atoms with E-state index in [1.165, 1.54) is 19.3 Å². The molecule has 0 unspecified atom stereocenters. The molecular weight excluding hydrogens is 298 g/mol. The van der Waals surface area contributed by atoms with Crippen molar-refractivity contribution in [3.8, 4) is 0 Å². The van der Waals surface area contributed by atoms with Gasteiger partial charge in [0.15, 0.2) is 0 Å². The van der Waals surface area contributed by atoms with Crippen LogP contribution in [0.1, 0.15) is 38.5 Å². The Bertz CT molecular complexity index is 441. The average Bonchev–Trinajstić information content (AvgIpc) is 2.41. The van der Waals surface area contributed by atoms with Crippen LogP contribution in [-0.4, -0.2) is 36.4 Å². The molecule has 0 radical (unpaired) electrons. The number of rotatable bonds is 6. The van der Waals surface area contributed by atoms with Crippen molar-refractivity contribution in [1.82, 2.24) is 0 Å². The highest BCUT2D eigenvalue weighted by Gasteiger charge is 2.55. The van der Waals surface area contributed by atoms with Crippen LogP contribution in [0.3, 0.4) is 0 Å². The molecule has 4 bridgehead atoms. The first-order valence-electron chi connectivity index (χ1n) is 7.73. The Kier molecular flexibility index (Phi) is 3.87. The quantitative estimate of drug-likeness (QED) is 0.601. The molecule has 22 heavy (non-hydrogen) atoms. The Morgan fingerprint density at radius 1 is 1.05 bits per heavy atom. The summed E-state index contributed by atoms with van der Waals surface area (Å²) in [4.78, 5) is 22.6. The highest BCUT2D eigenvalue weighted by atomic mass is 19.3. The predicted molar refractivity (Wildman–Crippen MR) is 70.1 cm³/mol. The molecule has 0 aromatic rings. The van der Waals surface area contributed by atoms with Crippen LogP contribution in [0.2, 0.25) is 0 Å². The minimum atomic E-state index is -4.24. The third-order valence-corrected chi connectivity index (χ3v) is 5.32. The van der Waals surface area contributed by atoms with Crippen molar-refractivity contribution in [2.45, 2.75) is 44.6 Å². The maximum atomic E-state index is 12.7. The van der Waals surface area contributed by atoms with Gasteiger partial charge in [0.2, 0.25) is 0 Å². The first-order chi connectivity index (χ1) is 10.3. The van der Waals surface area contributed by atoms with Gasteiger partial charge in [0, 0.05) is 0 Å². The molecule has 4 saturated carbocycles. The van der Waals surface area contributed by atoms with Crippen molar-refractivity contribution in [3.05, 3.63) is 0 Å². The smallest absolute Gasteiger partial charge is 0.456 e. The predicted octanol–water partition coefficient (Wildman–Crippen LogP) is 2.44. The zero-order chi connectivity index (χ0) is 16.0. The van der Waals surface area contributed by atoms with Crippen LogP contribution < -0.4 is 0 Å². The third-order valence-electron chi connectivity index (χ3n) is 5.32. The van der Waals surface area contributed by atoms with Crippen LogP contribution >= 0.6 is 0 Å². The van der Waals surface area contributed by atoms with Crippen LogP contribution in [0.25, 0.3) is 0 Å². The highest BCUT2D eigenvalue weighted by molar-refractivity contribution is 5.77. The lowest BCUT2D eigenvalue weighted by Gasteiger charge is -2.55. The molecule has 0 amide bonds. The van der Waals surface area contributed by atoms with Crippen LogP contribution in [0.5, 0.6) is 0 Å². The molecular formula is C15H20F2O5. The summed E-state index contributed by atoms with van der Waals surface area (Å²) in [5, 5.41) is 8.22. The van der Waals surface area contributed by atoms with E-state index in [2.05, 4.69) is 4.74 Å². The van der Waals surface area contributed by atoms with E-state index in [9.17, 15) is 18.4 Å². The van der Waals surface area contributed by atoms with Gasteiger partial charge in [-0.15, -0.1) is 0 Å². The van der Waals surface area contributed by atoms with Gasteiger partial charge in [-0.1, -0.05) is 0 Å². The standard InChI is InChI=1S/C15H20F2O5/c16-15(17,12(18)19)22-2-1-21-13(20)14-6-9-3-10(7-14)5-11(4-9)8-14/h9-11H,1-8H2,(H,18,19). The van der Waals surface area contributed by atoms with Gasteiger partial charge in [-0.05, 0) is 56.3 Å². The van der Waals surface area contributed by atoms with Crippen molar-refractivity contribution in [3.63, 3.8) is 0 Å². The highest BCUT2D eigenvalue weighted by Crippen LogP contribution is 2.60. The Hall–Kier alpha value is -1.24. The largest absolute Gasteiger partial charge is 0.475 e. The van der Waals surface area contributed by atoms with Gasteiger partial charge >= 0.3 is 18.0 Å². The van der Waals surface area contributed by atoms with E-state index in [0.717, 1.165) is 19.3 Å². The van der Waals surface area contributed by atoms with Gasteiger partial charge in [0.25, 0.3) is 0 Å². The number of halogens is 2. The van der Waals surface area contributed by atoms with E-state index in [1.54, 1.807) is 0 Å². The molecule has 7 heteroatoms. The first-order valence-corrected chi connectivity index (χ1v) is 7.73. The number of hydrogen-bond acceptors (Lipinski definition) is 4. The van der Waals surface area contributed by atoms with Gasteiger partial charge in [0.1, 0.15) is 6.61 Å². The zero-order valence-corrected chi connectivity index (χ0v) is 12.2. The fourth-order valence-electron chi connectivity index (χ4n) is 4.88. The molecule has 1 N–H and O–H groups in total. The van der Waals surface area contributed by atoms with Crippen LogP contribution in [-0.2, 0) is 19.1 Å². The van der Waals surface area contributed by atoms with Gasteiger partial charge in [0.05, 0.1) is 12.0 Å². The molecule has 0 heterocycles. The van der Waals surface area contributed by atoms with E-state index in [-0.39, 0.29) is 12.6 Å². The molecule has 0 aliphatic heterocycles. The molecule has 0 aromatic heterocycles. The number of hydrogen-bond donors (Lipinski definition) is 1. The lowest BCUT2D eigenvalue weighted by Crippen LogP contribution is -2.50. The Labute approximate surface area is 127 Å². The minimum absolute atomic E-state index is 0.325. The number of carbonyl (C=O) groups excluding carboxylic acids is 1. The van der Waals surface area contributed by atoms with Crippen molar-refractivity contribution in [1.29, 1.82) is 0 Å². The topological polar surface area (TPSA) is 72.8 Å². The lowest BCUT2D eigenvalue weighted by molar-refractivity contribution is -0.248. The number of alkyl halides is 2. The molecule has 5 nitrogen and oxygen atoms in total. The monoisotopic (exact) mass is 318 g/mol. The average molecular weight is 318 g/mol. The van der Waals surface area contributed by atoms with E-state index in [1.807, 2.05) is 0 Å². The summed E-state index contributed by atoms with van der Waals surface area (Å²) in [6.45, 7) is -0.971. The second kappa shape index (κ2) is 5.44. The van der Waals surface area contributed by atoms with E-state index < -0.39 is 24.1 Å². The summed E-state index contributed by atoms with van der Waals surface area (Å²) in [5.41, 5.74) is -0.440. The van der Waals surface area contributed by atoms with E-state index >= 15 is 0 Å². The van der Waals surface area contributed by atoms with Gasteiger partial charge < -0.3 is 14.6 Å². The maximum Gasteiger partial charge on any atom is 0.456 e. The summed E-state index contributed by atoms with van der Waals surface area (Å²) in [5.74, 6) is -0.905. The molecule has 0 spiro atoms. The second-order valence-electron chi connectivity index (χ2n) is 7.00. The number of carbonyl (C=O) groups is 2. The summed E-state index contributed by atoms with van der Waals surface area (Å²) < 4.78 is 34.5. The number of ether oxygens (including phenoxy) is 2. The second-order valence-corrected chi connectivity index (χ2v) is 7.00. The molecule has 0 aromatic carbocycles. The molecule has 0 atom stereocenters. The summed E-state index contributed by atoms with van der Waals surface area (Å²) >= 11 is 0. The summed E-state index contributed by atoms with van der Waals surface area (Å²) in [6.07, 6.45) is 1.85. The molecule has 4 aliphatic carbocycles. The summed E-state index contributed by atoms with van der Waals surface area (Å²) in [6, 6.07) is 0. The fraction of sp³-hybridized carbons (Fsp3) is 0.867. The molecule has 0 saturated heterocycles. The Morgan fingerprint density at radius 2 is 1.55 bits per heavy atom. The maximum absolute atomic E-state index is 12.7. The SMILES string of the molecule is O=C(OCCOC(F)(F)C(=O)O)C12CC3CC(CC(C3)C1)C2. The Balaban J connectivity index is 1.49. The first kappa shape index (κ1) is 15.6. The van der Waals surface area contributed by atoms with Crippen LogP contribution in [0, 0.1) is 23.2 Å². The van der Waals surface area contributed by atoms with Crippen LogP contribution in [0.15, 0.2) is 0 Å². The minimum Gasteiger partial charge on any atom is -0.475 e. The van der Waals surface area contributed by atoms with E-state index in [0.29, 0.717) is 17.8 Å². The molecule has 124 valence electrons. The van der Waals surface area contributed by atoms with E-state index in [4.69, 9.17) is 9.84 Å². The van der Waals surface area contributed by atoms with Crippen molar-refractivity contribution >= 4 is 11.9 Å². The zero-order valence-electron chi connectivity index (χ0n) is 12.2. The number of aliphatic carboxylic acids is 1. The third kappa shape index (κ3) is 2.83. The molecule has 4 rings (SSSR count). The number of esters is 1. The number of carboxylic acid groups (broad SMARTS) is 1. The van der Waals surface area contributed by atoms with Crippen molar-refractivity contribution < 1.29 is 33.0 Å². The number of carboxylic acids is 1. The van der Waals surface area contributed by atoms with Crippen molar-refractivity contribution in [2.24, 2.45) is 23.2 Å². The Morgan fingerprint density at radius 3 is 2.00 bits per heavy atom. The fourth-order valence-corrected chi connectivity index (χ4v) is 4.88. The van der Waals surface area contributed by atoms with Gasteiger partial charge in [-0.3, -0.25) is 4.79 Å². The van der Waals surface area contributed by atoms with Crippen LogP contribution in [0.4, 0.5) is 8.78 Å². The van der Waals surface area contributed by atoms with Crippen molar-refractivity contribution in [2.75, 3.05) is 13.2 Å². The van der Waals surface area contributed by atoms with Gasteiger partial charge in [-0.25, -0.2) is 4.79 Å². The normalized spacial score (nSPS) is 36.4. The van der Waals surface area contributed by atoms with Gasteiger partial charge in [-0.2, -0.15) is 8.78 Å². The molecule has 4 fully saturated rings. The summed E-state index contributed by atoms with van der Waals surface area (Å²) in [7, 11) is 0. The lowest BCUT2D eigenvalue weighted by atomic mass is 9.49.